The van der Waals surface area contributed by atoms with Gasteiger partial charge in [-0.1, -0.05) is 31.2 Å². The molecule has 0 radical (unpaired) electrons. The molecule has 0 fully saturated rings. The molecule has 0 amide bonds. The Bertz CT molecular complexity index is 1160. The van der Waals surface area contributed by atoms with E-state index in [2.05, 4.69) is 31.0 Å². The molecule has 2 aliphatic heterocycles. The quantitative estimate of drug-likeness (QED) is 0.309. The molecule has 1 atom stereocenters. The lowest BCUT2D eigenvalue weighted by Crippen LogP contribution is -2.39. The summed E-state index contributed by atoms with van der Waals surface area (Å²) in [5, 5.41) is 0. The lowest BCUT2D eigenvalue weighted by molar-refractivity contribution is -0.194. The maximum atomic E-state index is 13.5. The van der Waals surface area contributed by atoms with Crippen molar-refractivity contribution in [1.82, 2.24) is 4.90 Å². The molecule has 5 nitrogen and oxygen atoms in total. The number of halogens is 2. The minimum atomic E-state index is -0.406. The molecule has 0 spiro atoms. The van der Waals surface area contributed by atoms with Crippen LogP contribution in [0, 0.1) is 11.6 Å². The highest BCUT2D eigenvalue weighted by Crippen LogP contribution is 2.42. The van der Waals surface area contributed by atoms with Gasteiger partial charge in [-0.15, -0.1) is 0 Å². The van der Waals surface area contributed by atoms with E-state index in [1.807, 2.05) is 0 Å². The Hall–Kier alpha value is -2.84. The van der Waals surface area contributed by atoms with Gasteiger partial charge in [0.2, 0.25) is 0 Å². The zero-order chi connectivity index (χ0) is 25.8. The van der Waals surface area contributed by atoms with E-state index in [9.17, 15) is 8.78 Å². The van der Waals surface area contributed by atoms with E-state index >= 15 is 0 Å². The topological polar surface area (TPSA) is 40.2 Å². The first-order chi connectivity index (χ1) is 18.0. The summed E-state index contributed by atoms with van der Waals surface area (Å²) in [7, 11) is 2.08. The van der Waals surface area contributed by atoms with Crippen molar-refractivity contribution >= 4 is 0 Å². The summed E-state index contributed by atoms with van der Waals surface area (Å²) < 4.78 is 39.7. The van der Waals surface area contributed by atoms with Crippen molar-refractivity contribution in [2.45, 2.75) is 44.5 Å². The Morgan fingerprint density at radius 2 is 1.62 bits per heavy atom. The smallest absolute Gasteiger partial charge is 0.171 e. The zero-order valence-corrected chi connectivity index (χ0v) is 21.3. The van der Waals surface area contributed by atoms with Crippen molar-refractivity contribution in [3.05, 3.63) is 100 Å². The van der Waals surface area contributed by atoms with Crippen LogP contribution in [0.4, 0.5) is 8.78 Å². The Balaban J connectivity index is 1.22. The van der Waals surface area contributed by atoms with E-state index in [-0.39, 0.29) is 17.2 Å². The van der Waals surface area contributed by atoms with Crippen LogP contribution in [0.3, 0.4) is 0 Å². The highest BCUT2D eigenvalue weighted by Gasteiger charge is 2.37. The Morgan fingerprint density at radius 1 is 0.946 bits per heavy atom. The summed E-state index contributed by atoms with van der Waals surface area (Å²) in [6.45, 7) is 5.33. The number of nitrogens with zero attached hydrogens (tertiary/aromatic N) is 1. The fourth-order valence-electron chi connectivity index (χ4n) is 5.22. The average Bonchev–Trinajstić information content (AvgIpc) is 3.38. The van der Waals surface area contributed by atoms with Gasteiger partial charge < -0.3 is 19.3 Å². The minimum Gasteiger partial charge on any atom is -0.370 e. The SMILES string of the molecule is CCC1(CCN(C)CCOC(c2ccc(F)cc2)c2ccc(F)cc2)OCCc2cc3c(cc21)COO3. The second kappa shape index (κ2) is 11.3. The van der Waals surface area contributed by atoms with Crippen molar-refractivity contribution in [1.29, 1.82) is 0 Å². The van der Waals surface area contributed by atoms with Gasteiger partial charge in [-0.3, -0.25) is 0 Å². The van der Waals surface area contributed by atoms with E-state index in [1.165, 1.54) is 35.4 Å². The molecule has 3 aromatic carbocycles. The number of ether oxygens (including phenoxy) is 2. The fraction of sp³-hybridized carbons (Fsp3) is 0.400. The molecule has 3 aromatic rings. The van der Waals surface area contributed by atoms with Crippen LogP contribution in [-0.4, -0.2) is 38.3 Å². The van der Waals surface area contributed by atoms with Gasteiger partial charge in [0.15, 0.2) is 5.75 Å². The summed E-state index contributed by atoms with van der Waals surface area (Å²) in [6.07, 6.45) is 2.19. The van der Waals surface area contributed by atoms with Gasteiger partial charge in [-0.2, -0.15) is 4.89 Å². The first kappa shape index (κ1) is 25.8. The largest absolute Gasteiger partial charge is 0.370 e. The predicted molar refractivity (Wildman–Crippen MR) is 136 cm³/mol. The van der Waals surface area contributed by atoms with Crippen LogP contribution in [0.2, 0.25) is 0 Å². The molecule has 196 valence electrons. The molecule has 0 saturated carbocycles. The van der Waals surface area contributed by atoms with Crippen molar-refractivity contribution < 1.29 is 28.0 Å². The van der Waals surface area contributed by atoms with Gasteiger partial charge in [0.25, 0.3) is 0 Å². The van der Waals surface area contributed by atoms with Crippen LogP contribution in [0.1, 0.15) is 53.7 Å². The molecular formula is C30H33F2NO4. The van der Waals surface area contributed by atoms with Crippen LogP contribution in [0.5, 0.6) is 5.75 Å². The maximum absolute atomic E-state index is 13.5. The van der Waals surface area contributed by atoms with Crippen LogP contribution in [0.25, 0.3) is 0 Å². The van der Waals surface area contributed by atoms with Crippen molar-refractivity contribution in [3.8, 4) is 5.75 Å². The van der Waals surface area contributed by atoms with Gasteiger partial charge in [-0.05, 0) is 85.0 Å². The van der Waals surface area contributed by atoms with Gasteiger partial charge >= 0.3 is 0 Å². The van der Waals surface area contributed by atoms with Crippen LogP contribution in [0.15, 0.2) is 60.7 Å². The Kier molecular flexibility index (Phi) is 7.86. The molecule has 0 bridgehead atoms. The number of hydrogen-bond acceptors (Lipinski definition) is 5. The van der Waals surface area contributed by atoms with E-state index in [1.54, 1.807) is 24.3 Å². The summed E-state index contributed by atoms with van der Waals surface area (Å²) in [4.78, 5) is 12.7. The molecule has 0 N–H and O–H groups in total. The molecule has 1 unspecified atom stereocenters. The van der Waals surface area contributed by atoms with Crippen molar-refractivity contribution in [2.75, 3.05) is 33.4 Å². The molecule has 7 heteroatoms. The third-order valence-corrected chi connectivity index (χ3v) is 7.46. The summed E-state index contributed by atoms with van der Waals surface area (Å²) in [5.41, 5.74) is 4.89. The summed E-state index contributed by atoms with van der Waals surface area (Å²) >= 11 is 0. The summed E-state index contributed by atoms with van der Waals surface area (Å²) in [5.74, 6) is 0.210. The second-order valence-electron chi connectivity index (χ2n) is 9.82. The number of fused-ring (bicyclic) bond motifs is 2. The number of rotatable bonds is 10. The van der Waals surface area contributed by atoms with Gasteiger partial charge in [0.1, 0.15) is 24.3 Å². The molecule has 0 aliphatic carbocycles. The third-order valence-electron chi connectivity index (χ3n) is 7.46. The molecule has 0 aromatic heterocycles. The van der Waals surface area contributed by atoms with E-state index in [0.717, 1.165) is 48.2 Å². The second-order valence-corrected chi connectivity index (χ2v) is 9.82. The molecule has 0 saturated heterocycles. The first-order valence-corrected chi connectivity index (χ1v) is 12.9. The third kappa shape index (κ3) is 5.70. The molecule has 37 heavy (non-hydrogen) atoms. The zero-order valence-electron chi connectivity index (χ0n) is 21.3. The normalized spacial score (nSPS) is 18.6. The average molecular weight is 510 g/mol. The highest BCUT2D eigenvalue weighted by atomic mass is 19.1. The standard InChI is InChI=1S/C30H33F2NO4/c1-3-30(27-18-24-20-36-37-28(24)19-23(27)12-16-35-30)13-14-33(2)15-17-34-29(21-4-8-25(31)9-5-21)22-6-10-26(32)11-7-22/h4-11,18-19,29H,3,12-17,20H2,1-2H3. The monoisotopic (exact) mass is 509 g/mol. The minimum absolute atomic E-state index is 0.303. The van der Waals surface area contributed by atoms with E-state index in [4.69, 9.17) is 19.2 Å². The molecular weight excluding hydrogens is 476 g/mol. The molecule has 5 rings (SSSR count). The van der Waals surface area contributed by atoms with Crippen molar-refractivity contribution in [2.24, 2.45) is 0 Å². The van der Waals surface area contributed by atoms with Crippen molar-refractivity contribution in [3.63, 3.8) is 0 Å². The van der Waals surface area contributed by atoms with Crippen LogP contribution in [-0.2, 0) is 33.0 Å². The fourth-order valence-corrected chi connectivity index (χ4v) is 5.22. The lowest BCUT2D eigenvalue weighted by Gasteiger charge is -2.40. The maximum Gasteiger partial charge on any atom is 0.171 e. The first-order valence-electron chi connectivity index (χ1n) is 12.9. The van der Waals surface area contributed by atoms with Gasteiger partial charge in [-0.25, -0.2) is 8.78 Å². The predicted octanol–water partition coefficient (Wildman–Crippen LogP) is 6.09. The van der Waals surface area contributed by atoms with Crippen LogP contribution >= 0.6 is 0 Å². The molecule has 2 heterocycles. The Labute approximate surface area is 216 Å². The summed E-state index contributed by atoms with van der Waals surface area (Å²) in [6, 6.07) is 16.8. The number of hydrogen-bond donors (Lipinski definition) is 0. The van der Waals surface area contributed by atoms with E-state index < -0.39 is 6.10 Å². The number of benzene rings is 3. The van der Waals surface area contributed by atoms with Gasteiger partial charge in [0.05, 0.1) is 18.8 Å². The Morgan fingerprint density at radius 3 is 2.27 bits per heavy atom. The van der Waals surface area contributed by atoms with Gasteiger partial charge in [0, 0.05) is 18.7 Å². The molecule has 2 aliphatic rings. The van der Waals surface area contributed by atoms with E-state index in [0.29, 0.717) is 26.4 Å². The lowest BCUT2D eigenvalue weighted by atomic mass is 9.80. The van der Waals surface area contributed by atoms with Crippen LogP contribution < -0.4 is 4.89 Å². The highest BCUT2D eigenvalue weighted by molar-refractivity contribution is 5.46. The number of likely N-dealkylation sites (N-methyl/N-ethyl adjacent to an activating group) is 1.